The summed E-state index contributed by atoms with van der Waals surface area (Å²) in [6, 6.07) is -0.238. The minimum atomic E-state index is -0.319. The maximum absolute atomic E-state index is 11.5. The second-order valence-corrected chi connectivity index (χ2v) is 3.72. The van der Waals surface area contributed by atoms with Crippen LogP contribution >= 0.6 is 0 Å². The fraction of sp³-hybridized carbons (Fsp3) is 0.900. The van der Waals surface area contributed by atoms with Crippen molar-refractivity contribution in [3.05, 3.63) is 0 Å². The Labute approximate surface area is 90.2 Å². The molecular formula is C10H20N2O3. The lowest BCUT2D eigenvalue weighted by atomic mass is 10.2. The third-order valence-electron chi connectivity index (χ3n) is 2.49. The summed E-state index contributed by atoms with van der Waals surface area (Å²) < 4.78 is 5.18. The van der Waals surface area contributed by atoms with E-state index in [2.05, 4.69) is 10.6 Å². The first-order valence-corrected chi connectivity index (χ1v) is 5.51. The molecule has 88 valence electrons. The summed E-state index contributed by atoms with van der Waals surface area (Å²) in [6.07, 6.45) is 1.01. The number of hydrogen-bond acceptors (Lipinski definition) is 4. The van der Waals surface area contributed by atoms with Crippen LogP contribution in [-0.4, -0.2) is 49.5 Å². The maximum atomic E-state index is 11.5. The largest absolute Gasteiger partial charge is 0.393 e. The Morgan fingerprint density at radius 2 is 2.53 bits per heavy atom. The number of aliphatic hydroxyl groups is 1. The molecule has 0 aromatic carbocycles. The van der Waals surface area contributed by atoms with Crippen molar-refractivity contribution in [2.45, 2.75) is 31.9 Å². The van der Waals surface area contributed by atoms with Crippen molar-refractivity contribution in [2.24, 2.45) is 0 Å². The Hall–Kier alpha value is -0.650. The number of aliphatic hydroxyl groups excluding tert-OH is 1. The minimum Gasteiger partial charge on any atom is -0.393 e. The van der Waals surface area contributed by atoms with Crippen molar-refractivity contribution in [1.82, 2.24) is 10.6 Å². The van der Waals surface area contributed by atoms with Crippen LogP contribution in [0, 0.1) is 0 Å². The van der Waals surface area contributed by atoms with Crippen LogP contribution in [0.15, 0.2) is 0 Å². The molecular weight excluding hydrogens is 196 g/mol. The van der Waals surface area contributed by atoms with Crippen LogP contribution in [0.4, 0.5) is 0 Å². The molecule has 2 unspecified atom stereocenters. The number of amides is 1. The number of carbonyl (C=O) groups excluding carboxylic acids is 1. The quantitative estimate of drug-likeness (QED) is 0.565. The molecule has 1 rings (SSSR count). The predicted octanol–water partition coefficient (Wildman–Crippen LogP) is -0.748. The second-order valence-electron chi connectivity index (χ2n) is 3.72. The molecule has 0 aromatic rings. The van der Waals surface area contributed by atoms with Crippen LogP contribution in [0.5, 0.6) is 0 Å². The van der Waals surface area contributed by atoms with Crippen molar-refractivity contribution >= 4 is 5.91 Å². The molecule has 1 aliphatic rings. The van der Waals surface area contributed by atoms with E-state index in [1.807, 2.05) is 6.92 Å². The standard InChI is InChI=1S/C10H20N2O3/c1-2-8(13)3-4-12-10(14)9-7-15-6-5-11-9/h8-9,11,13H,2-7H2,1H3,(H,12,14). The van der Waals surface area contributed by atoms with Gasteiger partial charge in [-0.25, -0.2) is 0 Å². The Kier molecular flexibility index (Phi) is 5.60. The van der Waals surface area contributed by atoms with E-state index in [0.29, 0.717) is 26.2 Å². The van der Waals surface area contributed by atoms with E-state index in [1.165, 1.54) is 0 Å². The van der Waals surface area contributed by atoms with Crippen LogP contribution in [0.25, 0.3) is 0 Å². The molecule has 3 N–H and O–H groups in total. The van der Waals surface area contributed by atoms with E-state index in [-0.39, 0.29) is 18.1 Å². The second kappa shape index (κ2) is 6.76. The van der Waals surface area contributed by atoms with Crippen molar-refractivity contribution in [3.63, 3.8) is 0 Å². The summed E-state index contributed by atoms with van der Waals surface area (Å²) in [5.41, 5.74) is 0. The molecule has 2 atom stereocenters. The van der Waals surface area contributed by atoms with Crippen molar-refractivity contribution in [2.75, 3.05) is 26.3 Å². The van der Waals surface area contributed by atoms with Crippen LogP contribution in [0.2, 0.25) is 0 Å². The van der Waals surface area contributed by atoms with Gasteiger partial charge in [0.05, 0.1) is 19.3 Å². The average Bonchev–Trinajstić information content (AvgIpc) is 2.29. The summed E-state index contributed by atoms with van der Waals surface area (Å²) in [6.45, 7) is 4.26. The number of rotatable bonds is 5. The lowest BCUT2D eigenvalue weighted by molar-refractivity contribution is -0.125. The molecule has 1 amide bonds. The zero-order chi connectivity index (χ0) is 11.1. The summed E-state index contributed by atoms with van der Waals surface area (Å²) in [7, 11) is 0. The number of hydrogen-bond donors (Lipinski definition) is 3. The van der Waals surface area contributed by atoms with Gasteiger partial charge in [-0.05, 0) is 12.8 Å². The molecule has 5 nitrogen and oxygen atoms in total. The average molecular weight is 216 g/mol. The SMILES string of the molecule is CCC(O)CCNC(=O)C1COCCN1. The maximum Gasteiger partial charge on any atom is 0.239 e. The summed E-state index contributed by atoms with van der Waals surface area (Å²) in [5, 5.41) is 15.1. The van der Waals surface area contributed by atoms with Crippen molar-refractivity contribution in [1.29, 1.82) is 0 Å². The molecule has 0 aromatic heterocycles. The van der Waals surface area contributed by atoms with Crippen molar-refractivity contribution in [3.8, 4) is 0 Å². The Morgan fingerprint density at radius 3 is 3.13 bits per heavy atom. The normalized spacial score (nSPS) is 23.5. The van der Waals surface area contributed by atoms with E-state index in [9.17, 15) is 9.90 Å². The Bertz CT molecular complexity index is 193. The van der Waals surface area contributed by atoms with Gasteiger partial charge < -0.3 is 20.5 Å². The molecule has 1 fully saturated rings. The van der Waals surface area contributed by atoms with E-state index in [0.717, 1.165) is 13.0 Å². The van der Waals surface area contributed by atoms with Gasteiger partial charge in [-0.15, -0.1) is 0 Å². The summed E-state index contributed by atoms with van der Waals surface area (Å²) in [4.78, 5) is 11.5. The molecule has 1 saturated heterocycles. The Morgan fingerprint density at radius 1 is 1.73 bits per heavy atom. The number of ether oxygens (including phenoxy) is 1. The summed E-state index contributed by atoms with van der Waals surface area (Å²) in [5.74, 6) is -0.0435. The fourth-order valence-corrected chi connectivity index (χ4v) is 1.42. The van der Waals surface area contributed by atoms with Gasteiger partial charge in [0.2, 0.25) is 5.91 Å². The zero-order valence-electron chi connectivity index (χ0n) is 9.16. The third kappa shape index (κ3) is 4.59. The predicted molar refractivity (Wildman–Crippen MR) is 56.5 cm³/mol. The molecule has 1 heterocycles. The highest BCUT2D eigenvalue weighted by atomic mass is 16.5. The molecule has 0 bridgehead atoms. The van der Waals surface area contributed by atoms with Gasteiger partial charge in [0.1, 0.15) is 6.04 Å². The molecule has 0 radical (unpaired) electrons. The van der Waals surface area contributed by atoms with Gasteiger partial charge in [-0.3, -0.25) is 4.79 Å². The topological polar surface area (TPSA) is 70.6 Å². The van der Waals surface area contributed by atoms with Crippen LogP contribution < -0.4 is 10.6 Å². The van der Waals surface area contributed by atoms with Gasteiger partial charge in [0, 0.05) is 13.1 Å². The van der Waals surface area contributed by atoms with Gasteiger partial charge in [0.25, 0.3) is 0 Å². The summed E-state index contributed by atoms with van der Waals surface area (Å²) >= 11 is 0. The van der Waals surface area contributed by atoms with Crippen LogP contribution in [0.3, 0.4) is 0 Å². The highest BCUT2D eigenvalue weighted by Gasteiger charge is 2.20. The number of carbonyl (C=O) groups is 1. The van der Waals surface area contributed by atoms with Gasteiger partial charge in [-0.2, -0.15) is 0 Å². The molecule has 15 heavy (non-hydrogen) atoms. The van der Waals surface area contributed by atoms with E-state index < -0.39 is 0 Å². The molecule has 5 heteroatoms. The molecule has 1 aliphatic heterocycles. The lowest BCUT2D eigenvalue weighted by Crippen LogP contribution is -2.51. The number of nitrogens with one attached hydrogen (secondary N) is 2. The first-order valence-electron chi connectivity index (χ1n) is 5.51. The molecule has 0 spiro atoms. The van der Waals surface area contributed by atoms with Gasteiger partial charge in [-0.1, -0.05) is 6.92 Å². The van der Waals surface area contributed by atoms with Crippen molar-refractivity contribution < 1.29 is 14.6 Å². The monoisotopic (exact) mass is 216 g/mol. The van der Waals surface area contributed by atoms with Gasteiger partial charge >= 0.3 is 0 Å². The molecule has 0 saturated carbocycles. The fourth-order valence-electron chi connectivity index (χ4n) is 1.42. The third-order valence-corrected chi connectivity index (χ3v) is 2.49. The smallest absolute Gasteiger partial charge is 0.239 e. The minimum absolute atomic E-state index is 0.0435. The van der Waals surface area contributed by atoms with Crippen LogP contribution in [-0.2, 0) is 9.53 Å². The van der Waals surface area contributed by atoms with E-state index in [4.69, 9.17) is 4.74 Å². The zero-order valence-corrected chi connectivity index (χ0v) is 9.16. The van der Waals surface area contributed by atoms with Gasteiger partial charge in [0.15, 0.2) is 0 Å². The van der Waals surface area contributed by atoms with Crippen LogP contribution in [0.1, 0.15) is 19.8 Å². The van der Waals surface area contributed by atoms with E-state index >= 15 is 0 Å². The highest BCUT2D eigenvalue weighted by Crippen LogP contribution is 1.96. The number of morpholine rings is 1. The highest BCUT2D eigenvalue weighted by molar-refractivity contribution is 5.81. The first-order chi connectivity index (χ1) is 7.24. The Balaban J connectivity index is 2.12. The first kappa shape index (κ1) is 12.4. The lowest BCUT2D eigenvalue weighted by Gasteiger charge is -2.23. The molecule has 0 aliphatic carbocycles. The van der Waals surface area contributed by atoms with E-state index in [1.54, 1.807) is 0 Å².